The van der Waals surface area contributed by atoms with Crippen molar-refractivity contribution >= 4 is 33.5 Å². The molecule has 1 fully saturated rings. The van der Waals surface area contributed by atoms with Gasteiger partial charge in [-0.15, -0.1) is 0 Å². The summed E-state index contributed by atoms with van der Waals surface area (Å²) >= 11 is 3.26. The Hall–Kier alpha value is -1.44. The first-order valence-electron chi connectivity index (χ1n) is 6.11. The topological polar surface area (TPSA) is 87.7 Å². The molecule has 2 rings (SSSR count). The zero-order chi connectivity index (χ0) is 14.7. The highest BCUT2D eigenvalue weighted by atomic mass is 79.9. The van der Waals surface area contributed by atoms with Crippen LogP contribution in [0.3, 0.4) is 0 Å². The molecule has 7 heteroatoms. The van der Waals surface area contributed by atoms with E-state index in [1.807, 2.05) is 0 Å². The van der Waals surface area contributed by atoms with E-state index in [0.29, 0.717) is 17.4 Å². The number of carbonyl (C=O) groups excluding carboxylic acids is 1. The van der Waals surface area contributed by atoms with Gasteiger partial charge in [-0.05, 0) is 24.6 Å². The number of ether oxygens (including phenoxy) is 1. The lowest BCUT2D eigenvalue weighted by atomic mass is 10.1. The van der Waals surface area contributed by atoms with Gasteiger partial charge in [0, 0.05) is 18.1 Å². The molecule has 2 atom stereocenters. The highest BCUT2D eigenvalue weighted by molar-refractivity contribution is 9.10. The van der Waals surface area contributed by atoms with Crippen LogP contribution in [-0.4, -0.2) is 42.8 Å². The summed E-state index contributed by atoms with van der Waals surface area (Å²) in [5.41, 5.74) is 0.336. The molecule has 0 radical (unpaired) electrons. The van der Waals surface area contributed by atoms with E-state index in [0.717, 1.165) is 0 Å². The molecule has 6 nitrogen and oxygen atoms in total. The van der Waals surface area contributed by atoms with Crippen molar-refractivity contribution in [2.75, 3.05) is 19.0 Å². The van der Waals surface area contributed by atoms with Crippen LogP contribution in [0, 0.1) is 0 Å². The lowest BCUT2D eigenvalue weighted by Crippen LogP contribution is -2.35. The predicted molar refractivity (Wildman–Crippen MR) is 76.9 cm³/mol. The van der Waals surface area contributed by atoms with Gasteiger partial charge in [0.25, 0.3) is 0 Å². The lowest BCUT2D eigenvalue weighted by Gasteiger charge is -2.13. The van der Waals surface area contributed by atoms with E-state index in [2.05, 4.69) is 26.6 Å². The fraction of sp³-hybridized carbons (Fsp3) is 0.385. The van der Waals surface area contributed by atoms with Gasteiger partial charge in [-0.25, -0.2) is 4.79 Å². The normalized spacial score (nSPS) is 21.7. The maximum absolute atomic E-state index is 12.1. The largest absolute Gasteiger partial charge is 0.478 e. The monoisotopic (exact) mass is 342 g/mol. The van der Waals surface area contributed by atoms with Crippen LogP contribution >= 0.6 is 15.9 Å². The average molecular weight is 343 g/mol. The first-order chi connectivity index (χ1) is 9.51. The van der Waals surface area contributed by atoms with Crippen molar-refractivity contribution in [2.24, 2.45) is 0 Å². The van der Waals surface area contributed by atoms with Gasteiger partial charge in [-0.1, -0.05) is 15.9 Å². The second-order valence-electron chi connectivity index (χ2n) is 4.54. The molecule has 1 aliphatic rings. The number of benzene rings is 1. The molecule has 1 heterocycles. The van der Waals surface area contributed by atoms with Crippen molar-refractivity contribution in [1.29, 1.82) is 0 Å². The quantitative estimate of drug-likeness (QED) is 0.771. The number of halogens is 1. The number of carboxylic acid groups (broad SMARTS) is 1. The molecule has 1 aliphatic heterocycles. The zero-order valence-corrected chi connectivity index (χ0v) is 12.4. The maximum atomic E-state index is 12.1. The number of carboxylic acids is 1. The van der Waals surface area contributed by atoms with Crippen LogP contribution in [0.15, 0.2) is 22.7 Å². The van der Waals surface area contributed by atoms with Gasteiger partial charge < -0.3 is 20.5 Å². The van der Waals surface area contributed by atoms with Crippen molar-refractivity contribution in [3.05, 3.63) is 28.2 Å². The van der Waals surface area contributed by atoms with E-state index >= 15 is 0 Å². The van der Waals surface area contributed by atoms with E-state index in [-0.39, 0.29) is 29.3 Å². The molecule has 0 aromatic heterocycles. The van der Waals surface area contributed by atoms with Crippen LogP contribution in [0.1, 0.15) is 16.8 Å². The molecule has 1 aromatic carbocycles. The van der Waals surface area contributed by atoms with Crippen LogP contribution in [0.2, 0.25) is 0 Å². The van der Waals surface area contributed by atoms with Gasteiger partial charge in [-0.3, -0.25) is 4.79 Å². The van der Waals surface area contributed by atoms with Gasteiger partial charge in [-0.2, -0.15) is 0 Å². The molecule has 1 amide bonds. The summed E-state index contributed by atoms with van der Waals surface area (Å²) in [7, 11) is 1.60. The SMILES string of the molecule is COC1CNC(C(=O)Nc2cc(Br)ccc2C(=O)O)C1. The highest BCUT2D eigenvalue weighted by Gasteiger charge is 2.29. The van der Waals surface area contributed by atoms with Crippen molar-refractivity contribution < 1.29 is 19.4 Å². The summed E-state index contributed by atoms with van der Waals surface area (Å²) in [4.78, 5) is 23.3. The van der Waals surface area contributed by atoms with Crippen molar-refractivity contribution in [3.63, 3.8) is 0 Å². The Morgan fingerprint density at radius 3 is 2.85 bits per heavy atom. The summed E-state index contributed by atoms with van der Waals surface area (Å²) in [6.45, 7) is 0.610. The van der Waals surface area contributed by atoms with Crippen LogP contribution in [0.25, 0.3) is 0 Å². The molecule has 1 saturated heterocycles. The highest BCUT2D eigenvalue weighted by Crippen LogP contribution is 2.22. The third-order valence-electron chi connectivity index (χ3n) is 3.21. The first kappa shape index (κ1) is 15.0. The molecule has 1 aromatic rings. The minimum Gasteiger partial charge on any atom is -0.478 e. The van der Waals surface area contributed by atoms with Gasteiger partial charge in [0.15, 0.2) is 0 Å². The fourth-order valence-corrected chi connectivity index (χ4v) is 2.47. The second kappa shape index (κ2) is 6.34. The van der Waals surface area contributed by atoms with Crippen LogP contribution in [-0.2, 0) is 9.53 Å². The smallest absolute Gasteiger partial charge is 0.337 e. The number of anilines is 1. The molecule has 0 bridgehead atoms. The molecular formula is C13H15BrN2O4. The molecule has 2 unspecified atom stereocenters. The Labute approximate surface area is 124 Å². The van der Waals surface area contributed by atoms with Gasteiger partial charge >= 0.3 is 5.97 Å². The summed E-state index contributed by atoms with van der Waals surface area (Å²) < 4.78 is 5.88. The standard InChI is InChI=1S/C13H15BrN2O4/c1-20-8-5-11(15-6-8)12(17)16-10-4-7(14)2-3-9(10)13(18)19/h2-4,8,11,15H,5-6H2,1H3,(H,16,17)(H,18,19). The third-order valence-corrected chi connectivity index (χ3v) is 3.70. The molecule has 20 heavy (non-hydrogen) atoms. The van der Waals surface area contributed by atoms with Crippen LogP contribution < -0.4 is 10.6 Å². The Kier molecular flexibility index (Phi) is 4.74. The van der Waals surface area contributed by atoms with Crippen molar-refractivity contribution in [2.45, 2.75) is 18.6 Å². The van der Waals surface area contributed by atoms with Crippen LogP contribution in [0.5, 0.6) is 0 Å². The zero-order valence-electron chi connectivity index (χ0n) is 10.9. The molecule has 3 N–H and O–H groups in total. The Bertz CT molecular complexity index is 535. The third kappa shape index (κ3) is 3.36. The Morgan fingerprint density at radius 2 is 2.25 bits per heavy atom. The number of hydrogen-bond donors (Lipinski definition) is 3. The predicted octanol–water partition coefficient (Wildman–Crippen LogP) is 1.46. The van der Waals surface area contributed by atoms with E-state index in [1.54, 1.807) is 19.2 Å². The van der Waals surface area contributed by atoms with Gasteiger partial charge in [0.05, 0.1) is 23.4 Å². The lowest BCUT2D eigenvalue weighted by molar-refractivity contribution is -0.118. The molecule has 0 spiro atoms. The summed E-state index contributed by atoms with van der Waals surface area (Å²) in [6.07, 6.45) is 0.575. The minimum absolute atomic E-state index is 0.00667. The van der Waals surface area contributed by atoms with Crippen LogP contribution in [0.4, 0.5) is 5.69 Å². The second-order valence-corrected chi connectivity index (χ2v) is 5.45. The van der Waals surface area contributed by atoms with Gasteiger partial charge in [0.1, 0.15) is 0 Å². The molecule has 0 saturated carbocycles. The van der Waals surface area contributed by atoms with Crippen molar-refractivity contribution in [1.82, 2.24) is 5.32 Å². The van der Waals surface area contributed by atoms with Crippen molar-refractivity contribution in [3.8, 4) is 0 Å². The summed E-state index contributed by atoms with van der Waals surface area (Å²) in [5, 5.41) is 14.8. The number of rotatable bonds is 4. The van der Waals surface area contributed by atoms with Gasteiger partial charge in [0.2, 0.25) is 5.91 Å². The minimum atomic E-state index is -1.08. The average Bonchev–Trinajstić information content (AvgIpc) is 2.87. The molecular weight excluding hydrogens is 328 g/mol. The number of hydrogen-bond acceptors (Lipinski definition) is 4. The first-order valence-corrected chi connectivity index (χ1v) is 6.90. The summed E-state index contributed by atoms with van der Waals surface area (Å²) in [5.74, 6) is -1.34. The number of nitrogens with one attached hydrogen (secondary N) is 2. The molecule has 108 valence electrons. The van der Waals surface area contributed by atoms with E-state index in [9.17, 15) is 9.59 Å². The van der Waals surface area contributed by atoms with E-state index in [4.69, 9.17) is 9.84 Å². The Morgan fingerprint density at radius 1 is 1.50 bits per heavy atom. The fourth-order valence-electron chi connectivity index (χ4n) is 2.11. The number of amides is 1. The summed E-state index contributed by atoms with van der Waals surface area (Å²) in [6, 6.07) is 4.26. The van der Waals surface area contributed by atoms with E-state index in [1.165, 1.54) is 6.07 Å². The maximum Gasteiger partial charge on any atom is 0.337 e. The number of methoxy groups -OCH3 is 1. The van der Waals surface area contributed by atoms with E-state index < -0.39 is 5.97 Å². The number of carbonyl (C=O) groups is 2. The molecule has 0 aliphatic carbocycles. The Balaban J connectivity index is 2.11. The number of aromatic carboxylic acids is 1.